The Bertz CT molecular complexity index is 687. The van der Waals surface area contributed by atoms with Gasteiger partial charge < -0.3 is 10.1 Å². The summed E-state index contributed by atoms with van der Waals surface area (Å²) in [6, 6.07) is 12.6. The molecule has 0 saturated carbocycles. The quantitative estimate of drug-likeness (QED) is 0.859. The highest BCUT2D eigenvalue weighted by molar-refractivity contribution is 5.95. The van der Waals surface area contributed by atoms with E-state index in [1.807, 2.05) is 32.0 Å². The van der Waals surface area contributed by atoms with Gasteiger partial charge in [0.05, 0.1) is 0 Å². The molecule has 2 aromatic carbocycles. The van der Waals surface area contributed by atoms with Gasteiger partial charge in [0.2, 0.25) is 0 Å². The van der Waals surface area contributed by atoms with E-state index in [9.17, 15) is 9.59 Å². The molecule has 0 aliphatic rings. The van der Waals surface area contributed by atoms with Gasteiger partial charge in [-0.3, -0.25) is 9.59 Å². The van der Waals surface area contributed by atoms with E-state index in [1.165, 1.54) is 6.92 Å². The Balaban J connectivity index is 1.99. The van der Waals surface area contributed by atoms with E-state index in [0.29, 0.717) is 11.3 Å². The van der Waals surface area contributed by atoms with Crippen molar-refractivity contribution in [3.63, 3.8) is 0 Å². The Labute approximate surface area is 130 Å². The summed E-state index contributed by atoms with van der Waals surface area (Å²) in [5.74, 6) is 0.237. The fraction of sp³-hybridized carbons (Fsp3) is 0.222. The van der Waals surface area contributed by atoms with Crippen LogP contribution in [0.3, 0.4) is 0 Å². The highest BCUT2D eigenvalue weighted by Gasteiger charge is 2.08. The Morgan fingerprint density at radius 2 is 1.68 bits per heavy atom. The molecule has 0 spiro atoms. The standard InChI is InChI=1S/C18H19NO3/c1-12-6-4-7-13(2)18(12)19-17(21)11-22-16-9-5-8-15(10-16)14(3)20/h4-10H,11H2,1-3H3,(H,19,21). The predicted octanol–water partition coefficient (Wildman–Crippen LogP) is 3.52. The lowest BCUT2D eigenvalue weighted by atomic mass is 10.1. The van der Waals surface area contributed by atoms with Crippen LogP contribution < -0.4 is 10.1 Å². The van der Waals surface area contributed by atoms with Crippen molar-refractivity contribution in [2.75, 3.05) is 11.9 Å². The molecule has 0 atom stereocenters. The van der Waals surface area contributed by atoms with Crippen molar-refractivity contribution in [1.29, 1.82) is 0 Å². The zero-order chi connectivity index (χ0) is 16.1. The molecule has 4 heteroatoms. The minimum absolute atomic E-state index is 0.0366. The first-order valence-electron chi connectivity index (χ1n) is 7.07. The van der Waals surface area contributed by atoms with E-state index in [4.69, 9.17) is 4.74 Å². The van der Waals surface area contributed by atoms with Crippen LogP contribution in [0.5, 0.6) is 5.75 Å². The van der Waals surface area contributed by atoms with Crippen LogP contribution in [0.1, 0.15) is 28.4 Å². The third-order valence-corrected chi connectivity index (χ3v) is 3.36. The van der Waals surface area contributed by atoms with Gasteiger partial charge in [0.15, 0.2) is 12.4 Å². The van der Waals surface area contributed by atoms with Gasteiger partial charge in [-0.15, -0.1) is 0 Å². The monoisotopic (exact) mass is 297 g/mol. The first kappa shape index (κ1) is 15.8. The van der Waals surface area contributed by atoms with Crippen molar-refractivity contribution in [2.24, 2.45) is 0 Å². The number of aryl methyl sites for hydroxylation is 2. The SMILES string of the molecule is CC(=O)c1cccc(OCC(=O)Nc2c(C)cccc2C)c1. The van der Waals surface area contributed by atoms with Gasteiger partial charge >= 0.3 is 0 Å². The molecule has 0 aliphatic heterocycles. The lowest BCUT2D eigenvalue weighted by Crippen LogP contribution is -2.21. The molecule has 1 N–H and O–H groups in total. The molecule has 0 unspecified atom stereocenters. The van der Waals surface area contributed by atoms with E-state index in [2.05, 4.69) is 5.32 Å². The van der Waals surface area contributed by atoms with E-state index < -0.39 is 0 Å². The summed E-state index contributed by atoms with van der Waals surface area (Å²) in [6.07, 6.45) is 0. The third-order valence-electron chi connectivity index (χ3n) is 3.36. The first-order chi connectivity index (χ1) is 10.5. The summed E-state index contributed by atoms with van der Waals surface area (Å²) in [4.78, 5) is 23.3. The number of benzene rings is 2. The highest BCUT2D eigenvalue weighted by atomic mass is 16.5. The largest absolute Gasteiger partial charge is 0.484 e. The number of Topliss-reactive ketones (excluding diaryl/α,β-unsaturated/α-hetero) is 1. The smallest absolute Gasteiger partial charge is 0.262 e. The molecule has 0 fully saturated rings. The van der Waals surface area contributed by atoms with Gasteiger partial charge in [-0.25, -0.2) is 0 Å². The zero-order valence-corrected chi connectivity index (χ0v) is 13.0. The lowest BCUT2D eigenvalue weighted by Gasteiger charge is -2.12. The maximum atomic E-state index is 12.0. The summed E-state index contributed by atoms with van der Waals surface area (Å²) < 4.78 is 5.45. The molecule has 4 nitrogen and oxygen atoms in total. The summed E-state index contributed by atoms with van der Waals surface area (Å²) in [6.45, 7) is 5.28. The van der Waals surface area contributed by atoms with Crippen LogP contribution in [0.15, 0.2) is 42.5 Å². The molecule has 114 valence electrons. The number of hydrogen-bond acceptors (Lipinski definition) is 3. The van der Waals surface area contributed by atoms with Crippen molar-refractivity contribution in [1.82, 2.24) is 0 Å². The summed E-state index contributed by atoms with van der Waals surface area (Å²) in [5, 5.41) is 2.86. The molecular formula is C18H19NO3. The molecule has 0 radical (unpaired) electrons. The topological polar surface area (TPSA) is 55.4 Å². The van der Waals surface area contributed by atoms with E-state index in [0.717, 1.165) is 16.8 Å². The van der Waals surface area contributed by atoms with Gasteiger partial charge in [-0.05, 0) is 44.0 Å². The average Bonchev–Trinajstić information content (AvgIpc) is 2.49. The molecule has 0 aliphatic carbocycles. The highest BCUT2D eigenvalue weighted by Crippen LogP contribution is 2.19. The number of amides is 1. The second kappa shape index (κ2) is 6.89. The van der Waals surface area contributed by atoms with Gasteiger partial charge in [0, 0.05) is 11.3 Å². The Morgan fingerprint density at radius 3 is 2.32 bits per heavy atom. The van der Waals surface area contributed by atoms with E-state index in [-0.39, 0.29) is 18.3 Å². The van der Waals surface area contributed by atoms with Gasteiger partial charge in [0.1, 0.15) is 5.75 Å². The number of anilines is 1. The van der Waals surface area contributed by atoms with Gasteiger partial charge in [-0.2, -0.15) is 0 Å². The Kier molecular flexibility index (Phi) is 4.94. The van der Waals surface area contributed by atoms with Gasteiger partial charge in [-0.1, -0.05) is 30.3 Å². The molecule has 1 amide bonds. The zero-order valence-electron chi connectivity index (χ0n) is 13.0. The first-order valence-corrected chi connectivity index (χ1v) is 7.07. The molecule has 2 rings (SSSR count). The number of para-hydroxylation sites is 1. The minimum atomic E-state index is -0.231. The molecule has 0 bridgehead atoms. The van der Waals surface area contributed by atoms with Crippen LogP contribution in [0, 0.1) is 13.8 Å². The second-order valence-electron chi connectivity index (χ2n) is 5.19. The molecular weight excluding hydrogens is 278 g/mol. The van der Waals surface area contributed by atoms with Crippen LogP contribution in [-0.2, 0) is 4.79 Å². The van der Waals surface area contributed by atoms with Crippen LogP contribution in [0.25, 0.3) is 0 Å². The number of rotatable bonds is 5. The average molecular weight is 297 g/mol. The summed E-state index contributed by atoms with van der Waals surface area (Å²) in [7, 11) is 0. The van der Waals surface area contributed by atoms with Crippen molar-refractivity contribution in [2.45, 2.75) is 20.8 Å². The second-order valence-corrected chi connectivity index (χ2v) is 5.19. The van der Waals surface area contributed by atoms with Crippen LogP contribution in [0.4, 0.5) is 5.69 Å². The Hall–Kier alpha value is -2.62. The van der Waals surface area contributed by atoms with E-state index in [1.54, 1.807) is 24.3 Å². The lowest BCUT2D eigenvalue weighted by molar-refractivity contribution is -0.118. The molecule has 22 heavy (non-hydrogen) atoms. The number of carbonyl (C=O) groups excluding carboxylic acids is 2. The molecule has 0 saturated heterocycles. The fourth-order valence-electron chi connectivity index (χ4n) is 2.14. The maximum Gasteiger partial charge on any atom is 0.262 e. The number of ether oxygens (including phenoxy) is 1. The third kappa shape index (κ3) is 3.95. The summed E-state index contributed by atoms with van der Waals surface area (Å²) in [5.41, 5.74) is 3.39. The van der Waals surface area contributed by atoms with Crippen LogP contribution in [-0.4, -0.2) is 18.3 Å². The summed E-state index contributed by atoms with van der Waals surface area (Å²) >= 11 is 0. The normalized spacial score (nSPS) is 10.1. The number of nitrogens with one attached hydrogen (secondary N) is 1. The molecule has 2 aromatic rings. The van der Waals surface area contributed by atoms with Crippen molar-refractivity contribution in [3.8, 4) is 5.75 Å². The maximum absolute atomic E-state index is 12.0. The number of hydrogen-bond donors (Lipinski definition) is 1. The minimum Gasteiger partial charge on any atom is -0.484 e. The van der Waals surface area contributed by atoms with Crippen molar-refractivity contribution >= 4 is 17.4 Å². The molecule has 0 heterocycles. The van der Waals surface area contributed by atoms with Gasteiger partial charge in [0.25, 0.3) is 5.91 Å². The predicted molar refractivity (Wildman–Crippen MR) is 86.5 cm³/mol. The van der Waals surface area contributed by atoms with Crippen molar-refractivity contribution in [3.05, 3.63) is 59.2 Å². The molecule has 0 aromatic heterocycles. The van der Waals surface area contributed by atoms with E-state index >= 15 is 0 Å². The Morgan fingerprint density at radius 1 is 1.05 bits per heavy atom. The van der Waals surface area contributed by atoms with Crippen molar-refractivity contribution < 1.29 is 14.3 Å². The van der Waals surface area contributed by atoms with Crippen LogP contribution >= 0.6 is 0 Å². The number of carbonyl (C=O) groups is 2. The number of ketones is 1. The van der Waals surface area contributed by atoms with Crippen LogP contribution in [0.2, 0.25) is 0 Å². The fourth-order valence-corrected chi connectivity index (χ4v) is 2.14.